The van der Waals surface area contributed by atoms with Gasteiger partial charge in [0.1, 0.15) is 0 Å². The normalized spacial score (nSPS) is 14.5. The highest BCUT2D eigenvalue weighted by Crippen LogP contribution is 2.26. The van der Waals surface area contributed by atoms with Crippen LogP contribution in [-0.4, -0.2) is 6.54 Å². The lowest BCUT2D eigenvalue weighted by molar-refractivity contribution is 0.394. The zero-order valence-electron chi connectivity index (χ0n) is 12.7. The van der Waals surface area contributed by atoms with Crippen LogP contribution in [0.4, 0.5) is 0 Å². The van der Waals surface area contributed by atoms with Crippen molar-refractivity contribution in [2.24, 2.45) is 5.92 Å². The van der Waals surface area contributed by atoms with Crippen molar-refractivity contribution < 1.29 is 0 Å². The summed E-state index contributed by atoms with van der Waals surface area (Å²) < 4.78 is 0. The number of nitrogens with one attached hydrogen (secondary N) is 1. The van der Waals surface area contributed by atoms with Crippen LogP contribution in [0.25, 0.3) is 0 Å². The Kier molecular flexibility index (Phi) is 6.42. The number of hydrogen-bond acceptors (Lipinski definition) is 1. The molecule has 2 unspecified atom stereocenters. The molecule has 0 fully saturated rings. The minimum Gasteiger partial charge on any atom is -0.310 e. The van der Waals surface area contributed by atoms with Crippen molar-refractivity contribution in [2.45, 2.75) is 59.9 Å². The SMILES string of the molecule is CCCC(C)CC(NCC)c1ccc(C)cc1C. The minimum atomic E-state index is 0.511. The molecule has 0 bridgehead atoms. The van der Waals surface area contributed by atoms with Gasteiger partial charge in [-0.25, -0.2) is 0 Å². The van der Waals surface area contributed by atoms with E-state index in [4.69, 9.17) is 0 Å². The molecule has 0 radical (unpaired) electrons. The van der Waals surface area contributed by atoms with E-state index in [2.05, 4.69) is 58.1 Å². The van der Waals surface area contributed by atoms with E-state index in [1.54, 1.807) is 0 Å². The zero-order chi connectivity index (χ0) is 13.5. The third kappa shape index (κ3) is 4.45. The maximum Gasteiger partial charge on any atom is 0.0325 e. The van der Waals surface area contributed by atoms with Crippen LogP contribution < -0.4 is 5.32 Å². The molecule has 1 nitrogen and oxygen atoms in total. The topological polar surface area (TPSA) is 12.0 Å². The second-order valence-electron chi connectivity index (χ2n) is 5.60. The summed E-state index contributed by atoms with van der Waals surface area (Å²) in [5, 5.41) is 3.65. The highest BCUT2D eigenvalue weighted by molar-refractivity contribution is 5.32. The Morgan fingerprint density at radius 3 is 2.44 bits per heavy atom. The zero-order valence-corrected chi connectivity index (χ0v) is 12.7. The lowest BCUT2D eigenvalue weighted by Crippen LogP contribution is -2.23. The maximum atomic E-state index is 3.65. The molecule has 102 valence electrons. The monoisotopic (exact) mass is 247 g/mol. The van der Waals surface area contributed by atoms with E-state index in [1.165, 1.54) is 36.0 Å². The van der Waals surface area contributed by atoms with Gasteiger partial charge in [0.05, 0.1) is 0 Å². The number of rotatable bonds is 7. The molecule has 0 amide bonds. The van der Waals surface area contributed by atoms with Crippen molar-refractivity contribution in [3.05, 3.63) is 34.9 Å². The van der Waals surface area contributed by atoms with E-state index < -0.39 is 0 Å². The van der Waals surface area contributed by atoms with E-state index in [1.807, 2.05) is 0 Å². The van der Waals surface area contributed by atoms with Gasteiger partial charge in [0.2, 0.25) is 0 Å². The number of hydrogen-bond donors (Lipinski definition) is 1. The van der Waals surface area contributed by atoms with Crippen LogP contribution in [-0.2, 0) is 0 Å². The summed E-state index contributed by atoms with van der Waals surface area (Å²) in [5.74, 6) is 0.791. The third-order valence-electron chi connectivity index (χ3n) is 3.67. The first-order valence-electron chi connectivity index (χ1n) is 7.39. The van der Waals surface area contributed by atoms with Crippen molar-refractivity contribution in [3.63, 3.8) is 0 Å². The fourth-order valence-electron chi connectivity index (χ4n) is 2.80. The molecule has 0 aliphatic heterocycles. The standard InChI is InChI=1S/C17H29N/c1-6-8-13(3)12-17(18-7-2)16-10-9-14(4)11-15(16)5/h9-11,13,17-18H,6-8,12H2,1-5H3. The van der Waals surface area contributed by atoms with Crippen molar-refractivity contribution in [2.75, 3.05) is 6.54 Å². The van der Waals surface area contributed by atoms with E-state index in [-0.39, 0.29) is 0 Å². The van der Waals surface area contributed by atoms with E-state index >= 15 is 0 Å². The van der Waals surface area contributed by atoms with E-state index in [9.17, 15) is 0 Å². The molecule has 0 aliphatic rings. The molecule has 1 N–H and O–H groups in total. The van der Waals surface area contributed by atoms with Gasteiger partial charge in [0.25, 0.3) is 0 Å². The average molecular weight is 247 g/mol. The number of aryl methyl sites for hydroxylation is 2. The van der Waals surface area contributed by atoms with Crippen LogP contribution in [0.2, 0.25) is 0 Å². The quantitative estimate of drug-likeness (QED) is 0.731. The first kappa shape index (κ1) is 15.2. The summed E-state index contributed by atoms with van der Waals surface area (Å²) in [7, 11) is 0. The number of benzene rings is 1. The Hall–Kier alpha value is -0.820. The van der Waals surface area contributed by atoms with Gasteiger partial charge in [-0.05, 0) is 43.9 Å². The molecule has 0 aromatic heterocycles. The Balaban J connectivity index is 2.82. The fourth-order valence-corrected chi connectivity index (χ4v) is 2.80. The summed E-state index contributed by atoms with van der Waals surface area (Å²) in [6.45, 7) is 12.3. The Bertz CT molecular complexity index is 357. The van der Waals surface area contributed by atoms with Crippen molar-refractivity contribution in [3.8, 4) is 0 Å². The molecule has 0 heterocycles. The van der Waals surface area contributed by atoms with Crippen molar-refractivity contribution in [1.29, 1.82) is 0 Å². The largest absolute Gasteiger partial charge is 0.310 e. The van der Waals surface area contributed by atoms with Gasteiger partial charge in [-0.15, -0.1) is 0 Å². The Labute approximate surface area is 113 Å². The van der Waals surface area contributed by atoms with Crippen molar-refractivity contribution in [1.82, 2.24) is 5.32 Å². The molecule has 1 aromatic carbocycles. The highest BCUT2D eigenvalue weighted by Gasteiger charge is 2.15. The average Bonchev–Trinajstić information content (AvgIpc) is 2.29. The second-order valence-corrected chi connectivity index (χ2v) is 5.60. The van der Waals surface area contributed by atoms with Gasteiger partial charge >= 0.3 is 0 Å². The fraction of sp³-hybridized carbons (Fsp3) is 0.647. The molecule has 1 aromatic rings. The molecule has 18 heavy (non-hydrogen) atoms. The lowest BCUT2D eigenvalue weighted by Gasteiger charge is -2.24. The van der Waals surface area contributed by atoms with Gasteiger partial charge in [0, 0.05) is 6.04 Å². The molecule has 0 saturated carbocycles. The molecule has 1 heteroatoms. The summed E-state index contributed by atoms with van der Waals surface area (Å²) in [6, 6.07) is 7.34. The minimum absolute atomic E-state index is 0.511. The van der Waals surface area contributed by atoms with Crippen LogP contribution in [0.1, 0.15) is 62.8 Å². The van der Waals surface area contributed by atoms with Gasteiger partial charge in [-0.3, -0.25) is 0 Å². The molecule has 0 aliphatic carbocycles. The predicted molar refractivity (Wildman–Crippen MR) is 81.0 cm³/mol. The molecular formula is C17H29N. The lowest BCUT2D eigenvalue weighted by atomic mass is 9.90. The molecule has 0 saturated heterocycles. The highest BCUT2D eigenvalue weighted by atomic mass is 14.9. The van der Waals surface area contributed by atoms with Crippen molar-refractivity contribution >= 4 is 0 Å². The Morgan fingerprint density at radius 1 is 1.17 bits per heavy atom. The molecule has 0 spiro atoms. The third-order valence-corrected chi connectivity index (χ3v) is 3.67. The molecular weight excluding hydrogens is 218 g/mol. The predicted octanol–water partition coefficient (Wildman–Crippen LogP) is 4.78. The summed E-state index contributed by atoms with van der Waals surface area (Å²) >= 11 is 0. The second kappa shape index (κ2) is 7.58. The smallest absolute Gasteiger partial charge is 0.0325 e. The van der Waals surface area contributed by atoms with Gasteiger partial charge in [0.15, 0.2) is 0 Å². The maximum absolute atomic E-state index is 3.65. The van der Waals surface area contributed by atoms with Crippen LogP contribution in [0.15, 0.2) is 18.2 Å². The summed E-state index contributed by atoms with van der Waals surface area (Å²) in [5.41, 5.74) is 4.25. The first-order chi connectivity index (χ1) is 8.58. The van der Waals surface area contributed by atoms with Crippen LogP contribution in [0.3, 0.4) is 0 Å². The van der Waals surface area contributed by atoms with Gasteiger partial charge in [-0.1, -0.05) is 57.4 Å². The Morgan fingerprint density at radius 2 is 1.89 bits per heavy atom. The summed E-state index contributed by atoms with van der Waals surface area (Å²) in [4.78, 5) is 0. The summed E-state index contributed by atoms with van der Waals surface area (Å²) in [6.07, 6.45) is 3.85. The van der Waals surface area contributed by atoms with Gasteiger partial charge in [-0.2, -0.15) is 0 Å². The molecule has 2 atom stereocenters. The van der Waals surface area contributed by atoms with Crippen LogP contribution >= 0.6 is 0 Å². The van der Waals surface area contributed by atoms with E-state index in [0.717, 1.165) is 12.5 Å². The molecule has 1 rings (SSSR count). The van der Waals surface area contributed by atoms with E-state index in [0.29, 0.717) is 6.04 Å². The van der Waals surface area contributed by atoms with Crippen LogP contribution in [0.5, 0.6) is 0 Å². The van der Waals surface area contributed by atoms with Crippen LogP contribution in [0, 0.1) is 19.8 Å². The van der Waals surface area contributed by atoms with Gasteiger partial charge < -0.3 is 5.32 Å². The first-order valence-corrected chi connectivity index (χ1v) is 7.39.